The highest BCUT2D eigenvalue weighted by Gasteiger charge is 2.33. The molecule has 0 aromatic heterocycles. The van der Waals surface area contributed by atoms with Gasteiger partial charge in [0.15, 0.2) is 0 Å². The molecule has 15 heavy (non-hydrogen) atoms. The van der Waals surface area contributed by atoms with Crippen LogP contribution in [0.25, 0.3) is 0 Å². The van der Waals surface area contributed by atoms with Gasteiger partial charge in [-0.2, -0.15) is 0 Å². The second kappa shape index (κ2) is 5.83. The van der Waals surface area contributed by atoms with Crippen LogP contribution >= 0.6 is 0 Å². The van der Waals surface area contributed by atoms with Crippen molar-refractivity contribution in [1.29, 1.82) is 0 Å². The fourth-order valence-corrected chi connectivity index (χ4v) is 2.65. The second-order valence-electron chi connectivity index (χ2n) is 4.56. The van der Waals surface area contributed by atoms with Crippen molar-refractivity contribution >= 4 is 0 Å². The zero-order valence-corrected chi connectivity index (χ0v) is 10.6. The quantitative estimate of drug-likeness (QED) is 0.743. The van der Waals surface area contributed by atoms with Crippen LogP contribution in [-0.2, 0) is 0 Å². The smallest absolute Gasteiger partial charge is 0.0327 e. The Morgan fingerprint density at radius 3 is 1.87 bits per heavy atom. The predicted molar refractivity (Wildman–Crippen MR) is 66.1 cm³/mol. The van der Waals surface area contributed by atoms with E-state index in [2.05, 4.69) is 30.6 Å². The van der Waals surface area contributed by atoms with Gasteiger partial charge in [-0.15, -0.1) is 0 Å². The predicted octanol–water partition coefficient (Wildman–Crippen LogP) is 1.14. The van der Waals surface area contributed by atoms with Crippen molar-refractivity contribution in [3.8, 4) is 0 Å². The summed E-state index contributed by atoms with van der Waals surface area (Å²) in [6.45, 7) is 13.5. The summed E-state index contributed by atoms with van der Waals surface area (Å²) in [7, 11) is 0. The van der Waals surface area contributed by atoms with Crippen molar-refractivity contribution < 1.29 is 0 Å². The van der Waals surface area contributed by atoms with Crippen LogP contribution in [0.4, 0.5) is 0 Å². The largest absolute Gasteiger partial charge is 0.329 e. The van der Waals surface area contributed by atoms with Crippen molar-refractivity contribution in [2.75, 3.05) is 39.3 Å². The molecule has 1 saturated heterocycles. The average molecular weight is 213 g/mol. The summed E-state index contributed by atoms with van der Waals surface area (Å²) in [6, 6.07) is 0. The highest BCUT2D eigenvalue weighted by Crippen LogP contribution is 2.24. The zero-order chi connectivity index (χ0) is 11.3. The highest BCUT2D eigenvalue weighted by molar-refractivity contribution is 4.91. The van der Waals surface area contributed by atoms with Crippen LogP contribution in [0.5, 0.6) is 0 Å². The molecule has 0 bridgehead atoms. The molecule has 0 aromatic carbocycles. The highest BCUT2D eigenvalue weighted by atomic mass is 15.3. The van der Waals surface area contributed by atoms with E-state index in [4.69, 9.17) is 5.73 Å². The lowest BCUT2D eigenvalue weighted by atomic mass is 9.90. The van der Waals surface area contributed by atoms with Gasteiger partial charge in [-0.05, 0) is 19.4 Å². The molecule has 90 valence electrons. The van der Waals surface area contributed by atoms with Crippen molar-refractivity contribution in [3.63, 3.8) is 0 Å². The zero-order valence-electron chi connectivity index (χ0n) is 10.6. The van der Waals surface area contributed by atoms with Gasteiger partial charge in [0.2, 0.25) is 0 Å². The number of hydrogen-bond acceptors (Lipinski definition) is 3. The Morgan fingerprint density at radius 2 is 1.53 bits per heavy atom. The molecule has 1 heterocycles. The van der Waals surface area contributed by atoms with E-state index in [9.17, 15) is 0 Å². The minimum Gasteiger partial charge on any atom is -0.329 e. The lowest BCUT2D eigenvalue weighted by molar-refractivity contribution is 0.0324. The lowest BCUT2D eigenvalue weighted by Crippen LogP contribution is -2.59. The van der Waals surface area contributed by atoms with Gasteiger partial charge in [-0.3, -0.25) is 4.90 Å². The van der Waals surface area contributed by atoms with Gasteiger partial charge in [0, 0.05) is 38.3 Å². The van der Waals surface area contributed by atoms with E-state index in [1.165, 1.54) is 45.6 Å². The number of piperazine rings is 1. The normalized spacial score (nSPS) is 20.8. The Morgan fingerprint density at radius 1 is 1.00 bits per heavy atom. The Hall–Kier alpha value is -0.120. The lowest BCUT2D eigenvalue weighted by Gasteiger charge is -2.46. The molecular formula is C12H27N3. The summed E-state index contributed by atoms with van der Waals surface area (Å²) in [6.07, 6.45) is 2.35. The molecule has 0 spiro atoms. The van der Waals surface area contributed by atoms with Crippen LogP contribution < -0.4 is 5.73 Å². The molecule has 3 heteroatoms. The van der Waals surface area contributed by atoms with Crippen molar-refractivity contribution in [1.82, 2.24) is 9.80 Å². The van der Waals surface area contributed by atoms with Crippen molar-refractivity contribution in [3.05, 3.63) is 0 Å². The maximum Gasteiger partial charge on any atom is 0.0327 e. The SMILES string of the molecule is CCN1CCN(C(CC)(CC)CN)CC1. The van der Waals surface area contributed by atoms with Crippen LogP contribution in [0, 0.1) is 0 Å². The van der Waals surface area contributed by atoms with Crippen LogP contribution in [0.3, 0.4) is 0 Å². The first-order valence-corrected chi connectivity index (χ1v) is 6.39. The van der Waals surface area contributed by atoms with Gasteiger partial charge in [-0.1, -0.05) is 20.8 Å². The molecular weight excluding hydrogens is 186 g/mol. The Balaban J connectivity index is 2.56. The fraction of sp³-hybridized carbons (Fsp3) is 1.00. The van der Waals surface area contributed by atoms with E-state index < -0.39 is 0 Å². The standard InChI is InChI=1S/C12H27N3/c1-4-12(5-2,11-13)15-9-7-14(6-3)8-10-15/h4-11,13H2,1-3H3. The number of nitrogens with zero attached hydrogens (tertiary/aromatic N) is 2. The first kappa shape index (κ1) is 12.9. The van der Waals surface area contributed by atoms with Crippen molar-refractivity contribution in [2.45, 2.75) is 39.2 Å². The Bertz CT molecular complexity index is 161. The number of likely N-dealkylation sites (N-methyl/N-ethyl adjacent to an activating group) is 1. The van der Waals surface area contributed by atoms with Gasteiger partial charge in [0.05, 0.1) is 0 Å². The van der Waals surface area contributed by atoms with Crippen LogP contribution in [0.1, 0.15) is 33.6 Å². The summed E-state index contributed by atoms with van der Waals surface area (Å²) in [5.41, 5.74) is 6.24. The monoisotopic (exact) mass is 213 g/mol. The molecule has 0 atom stereocenters. The van der Waals surface area contributed by atoms with E-state index in [1.807, 2.05) is 0 Å². The summed E-state index contributed by atoms with van der Waals surface area (Å²) in [4.78, 5) is 5.13. The summed E-state index contributed by atoms with van der Waals surface area (Å²) >= 11 is 0. The fourth-order valence-electron chi connectivity index (χ4n) is 2.65. The van der Waals surface area contributed by atoms with E-state index in [0.29, 0.717) is 0 Å². The van der Waals surface area contributed by atoms with E-state index in [-0.39, 0.29) is 5.54 Å². The van der Waals surface area contributed by atoms with Crippen molar-refractivity contribution in [2.24, 2.45) is 5.73 Å². The van der Waals surface area contributed by atoms with Crippen LogP contribution in [0.15, 0.2) is 0 Å². The third-order valence-corrected chi connectivity index (χ3v) is 4.19. The Labute approximate surface area is 94.6 Å². The van der Waals surface area contributed by atoms with Gasteiger partial charge >= 0.3 is 0 Å². The molecule has 0 aliphatic carbocycles. The molecule has 1 fully saturated rings. The molecule has 0 aromatic rings. The molecule has 1 rings (SSSR count). The molecule has 0 radical (unpaired) electrons. The molecule has 0 unspecified atom stereocenters. The molecule has 0 amide bonds. The van der Waals surface area contributed by atoms with Crippen LogP contribution in [-0.4, -0.2) is 54.6 Å². The van der Waals surface area contributed by atoms with Crippen LogP contribution in [0.2, 0.25) is 0 Å². The topological polar surface area (TPSA) is 32.5 Å². The third kappa shape index (κ3) is 2.71. The second-order valence-corrected chi connectivity index (χ2v) is 4.56. The van der Waals surface area contributed by atoms with Gasteiger partial charge in [0.1, 0.15) is 0 Å². The molecule has 0 saturated carbocycles. The molecule has 3 nitrogen and oxygen atoms in total. The number of nitrogens with two attached hydrogens (primary N) is 1. The van der Waals surface area contributed by atoms with Gasteiger partial charge in [0.25, 0.3) is 0 Å². The Kier molecular flexibility index (Phi) is 5.03. The maximum absolute atomic E-state index is 5.97. The van der Waals surface area contributed by atoms with E-state index >= 15 is 0 Å². The number of rotatable bonds is 5. The third-order valence-electron chi connectivity index (χ3n) is 4.19. The van der Waals surface area contributed by atoms with Gasteiger partial charge in [-0.25, -0.2) is 0 Å². The maximum atomic E-state index is 5.97. The first-order chi connectivity index (χ1) is 7.22. The van der Waals surface area contributed by atoms with Gasteiger partial charge < -0.3 is 10.6 Å². The minimum atomic E-state index is 0.264. The summed E-state index contributed by atoms with van der Waals surface area (Å²) in [5.74, 6) is 0. The first-order valence-electron chi connectivity index (χ1n) is 6.39. The molecule has 1 aliphatic rings. The number of hydrogen-bond donors (Lipinski definition) is 1. The summed E-state index contributed by atoms with van der Waals surface area (Å²) < 4.78 is 0. The summed E-state index contributed by atoms with van der Waals surface area (Å²) in [5, 5.41) is 0. The van der Waals surface area contributed by atoms with E-state index in [1.54, 1.807) is 0 Å². The average Bonchev–Trinajstić information content (AvgIpc) is 2.33. The molecule has 1 aliphatic heterocycles. The minimum absolute atomic E-state index is 0.264. The van der Waals surface area contributed by atoms with E-state index in [0.717, 1.165) is 6.54 Å². The molecule has 2 N–H and O–H groups in total.